The second kappa shape index (κ2) is 6.73. The summed E-state index contributed by atoms with van der Waals surface area (Å²) < 4.78 is 14.1. The molecule has 0 bridgehead atoms. The quantitative estimate of drug-likeness (QED) is 0.824. The summed E-state index contributed by atoms with van der Waals surface area (Å²) in [6.07, 6.45) is 0.502. The molecule has 0 aliphatic heterocycles. The van der Waals surface area contributed by atoms with Crippen LogP contribution in [0.15, 0.2) is 46.9 Å². The van der Waals surface area contributed by atoms with E-state index in [-0.39, 0.29) is 23.7 Å². The van der Waals surface area contributed by atoms with Crippen LogP contribution in [0, 0.1) is 24.6 Å². The lowest BCUT2D eigenvalue weighted by Gasteiger charge is -2.07. The first-order valence-corrected chi connectivity index (χ1v) is 8.37. The van der Waals surface area contributed by atoms with Crippen LogP contribution in [0.1, 0.15) is 12.0 Å². The molecule has 4 nitrogen and oxygen atoms in total. The van der Waals surface area contributed by atoms with Crippen molar-refractivity contribution in [1.82, 2.24) is 0 Å². The highest BCUT2D eigenvalue weighted by molar-refractivity contribution is 9.10. The zero-order valence-electron chi connectivity index (χ0n) is 13.0. The molecule has 0 spiro atoms. The number of anilines is 2. The molecule has 0 aromatic heterocycles. The number of benzene rings is 2. The Labute approximate surface area is 147 Å². The molecule has 24 heavy (non-hydrogen) atoms. The van der Waals surface area contributed by atoms with Crippen molar-refractivity contribution in [3.63, 3.8) is 0 Å². The molecule has 0 saturated heterocycles. The molecule has 2 aromatic rings. The number of hydrogen-bond donors (Lipinski definition) is 2. The van der Waals surface area contributed by atoms with Crippen molar-refractivity contribution in [3.8, 4) is 0 Å². The molecule has 1 saturated carbocycles. The standard InChI is InChI=1S/C18H16BrFN2O2/c1-10-7-13(5-6-16(10)19)22-18(24)15-9-14(15)17(23)21-12-4-2-3-11(20)8-12/h2-8,14-15H,9H2,1H3,(H,21,23)(H,22,24). The third kappa shape index (κ3) is 3.82. The number of halogens is 2. The number of amides is 2. The Morgan fingerprint density at radius 3 is 2.25 bits per heavy atom. The van der Waals surface area contributed by atoms with E-state index in [0.717, 1.165) is 10.0 Å². The van der Waals surface area contributed by atoms with E-state index in [9.17, 15) is 14.0 Å². The first kappa shape index (κ1) is 16.6. The van der Waals surface area contributed by atoms with Crippen molar-refractivity contribution in [1.29, 1.82) is 0 Å². The van der Waals surface area contributed by atoms with Gasteiger partial charge in [0.05, 0.1) is 11.8 Å². The van der Waals surface area contributed by atoms with Gasteiger partial charge >= 0.3 is 0 Å². The highest BCUT2D eigenvalue weighted by Crippen LogP contribution is 2.40. The maximum absolute atomic E-state index is 13.1. The van der Waals surface area contributed by atoms with Crippen LogP contribution in [0.5, 0.6) is 0 Å². The summed E-state index contributed by atoms with van der Waals surface area (Å²) in [5.41, 5.74) is 2.12. The molecule has 1 fully saturated rings. The van der Waals surface area contributed by atoms with Crippen molar-refractivity contribution in [3.05, 3.63) is 58.3 Å². The predicted octanol–water partition coefficient (Wildman–Crippen LogP) is 4.11. The van der Waals surface area contributed by atoms with Crippen LogP contribution in [0.3, 0.4) is 0 Å². The SMILES string of the molecule is Cc1cc(NC(=O)C2CC2C(=O)Nc2cccc(F)c2)ccc1Br. The molecule has 2 unspecified atom stereocenters. The molecule has 0 radical (unpaired) electrons. The van der Waals surface area contributed by atoms with Crippen LogP contribution in [-0.4, -0.2) is 11.8 Å². The van der Waals surface area contributed by atoms with E-state index in [0.29, 0.717) is 17.8 Å². The second-order valence-corrected chi connectivity index (χ2v) is 6.76. The van der Waals surface area contributed by atoms with Crippen molar-refractivity contribution >= 4 is 39.1 Å². The van der Waals surface area contributed by atoms with Crippen LogP contribution in [-0.2, 0) is 9.59 Å². The molecular formula is C18H16BrFN2O2. The number of carbonyl (C=O) groups excluding carboxylic acids is 2. The van der Waals surface area contributed by atoms with E-state index in [1.807, 2.05) is 19.1 Å². The van der Waals surface area contributed by atoms with Crippen molar-refractivity contribution < 1.29 is 14.0 Å². The summed E-state index contributed by atoms with van der Waals surface area (Å²) in [4.78, 5) is 24.4. The largest absolute Gasteiger partial charge is 0.326 e. The van der Waals surface area contributed by atoms with E-state index in [2.05, 4.69) is 26.6 Å². The summed E-state index contributed by atoms with van der Waals surface area (Å²) in [6.45, 7) is 1.94. The molecular weight excluding hydrogens is 375 g/mol. The Hall–Kier alpha value is -2.21. The molecule has 0 heterocycles. The van der Waals surface area contributed by atoms with Crippen molar-refractivity contribution in [2.24, 2.45) is 11.8 Å². The maximum Gasteiger partial charge on any atom is 0.228 e. The molecule has 2 aromatic carbocycles. The monoisotopic (exact) mass is 390 g/mol. The fraction of sp³-hybridized carbons (Fsp3) is 0.222. The molecule has 1 aliphatic rings. The zero-order valence-corrected chi connectivity index (χ0v) is 14.6. The molecule has 1 aliphatic carbocycles. The van der Waals surface area contributed by atoms with Crippen LogP contribution < -0.4 is 10.6 Å². The topological polar surface area (TPSA) is 58.2 Å². The average Bonchev–Trinajstić information content (AvgIpc) is 3.32. The molecule has 2 N–H and O–H groups in total. The normalized spacial score (nSPS) is 18.8. The minimum Gasteiger partial charge on any atom is -0.326 e. The number of carbonyl (C=O) groups is 2. The predicted molar refractivity (Wildman–Crippen MR) is 94.1 cm³/mol. The minimum absolute atomic E-state index is 0.170. The minimum atomic E-state index is -0.413. The molecule has 2 amide bonds. The molecule has 6 heteroatoms. The lowest BCUT2D eigenvalue weighted by atomic mass is 10.2. The fourth-order valence-electron chi connectivity index (χ4n) is 2.53. The summed E-state index contributed by atoms with van der Waals surface area (Å²) in [7, 11) is 0. The third-order valence-electron chi connectivity index (χ3n) is 3.98. The Bertz CT molecular complexity index is 809. The lowest BCUT2D eigenvalue weighted by Crippen LogP contribution is -2.20. The van der Waals surface area contributed by atoms with Gasteiger partial charge in [0, 0.05) is 15.8 Å². The van der Waals surface area contributed by atoms with Gasteiger partial charge in [0.25, 0.3) is 0 Å². The van der Waals surface area contributed by atoms with Gasteiger partial charge in [-0.25, -0.2) is 4.39 Å². The number of rotatable bonds is 4. The smallest absolute Gasteiger partial charge is 0.228 e. The number of nitrogens with one attached hydrogen (secondary N) is 2. The summed E-state index contributed by atoms with van der Waals surface area (Å²) in [5, 5.41) is 5.47. The molecule has 3 rings (SSSR count). The van der Waals surface area contributed by atoms with E-state index >= 15 is 0 Å². The van der Waals surface area contributed by atoms with Crippen LogP contribution in [0.25, 0.3) is 0 Å². The number of hydrogen-bond acceptors (Lipinski definition) is 2. The van der Waals surface area contributed by atoms with E-state index in [1.165, 1.54) is 18.2 Å². The van der Waals surface area contributed by atoms with Gasteiger partial charge in [-0.1, -0.05) is 22.0 Å². The zero-order chi connectivity index (χ0) is 17.3. The van der Waals surface area contributed by atoms with Crippen molar-refractivity contribution in [2.75, 3.05) is 10.6 Å². The Morgan fingerprint density at radius 1 is 1.04 bits per heavy atom. The summed E-state index contributed by atoms with van der Waals surface area (Å²) >= 11 is 3.41. The Balaban J connectivity index is 1.57. The molecule has 2 atom stereocenters. The van der Waals surface area contributed by atoms with Gasteiger partial charge in [-0.15, -0.1) is 0 Å². The molecule has 124 valence electrons. The van der Waals surface area contributed by atoms with Gasteiger partial charge < -0.3 is 10.6 Å². The van der Waals surface area contributed by atoms with Gasteiger partial charge in [-0.05, 0) is 55.3 Å². The van der Waals surface area contributed by atoms with Gasteiger partial charge in [-0.2, -0.15) is 0 Å². The highest BCUT2D eigenvalue weighted by atomic mass is 79.9. The van der Waals surface area contributed by atoms with Crippen LogP contribution >= 0.6 is 15.9 Å². The second-order valence-electron chi connectivity index (χ2n) is 5.90. The summed E-state index contributed by atoms with van der Waals surface area (Å²) in [5.74, 6) is -1.56. The number of aryl methyl sites for hydroxylation is 1. The fourth-order valence-corrected chi connectivity index (χ4v) is 2.78. The van der Waals surface area contributed by atoms with Crippen molar-refractivity contribution in [2.45, 2.75) is 13.3 Å². The van der Waals surface area contributed by atoms with E-state index in [4.69, 9.17) is 0 Å². The average molecular weight is 391 g/mol. The lowest BCUT2D eigenvalue weighted by molar-refractivity contribution is -0.122. The van der Waals surface area contributed by atoms with Crippen LogP contribution in [0.4, 0.5) is 15.8 Å². The van der Waals surface area contributed by atoms with E-state index in [1.54, 1.807) is 12.1 Å². The Kier molecular flexibility index (Phi) is 4.66. The van der Waals surface area contributed by atoms with Gasteiger partial charge in [-0.3, -0.25) is 9.59 Å². The third-order valence-corrected chi connectivity index (χ3v) is 4.87. The van der Waals surface area contributed by atoms with Gasteiger partial charge in [0.2, 0.25) is 11.8 Å². The Morgan fingerprint density at radius 2 is 1.67 bits per heavy atom. The highest BCUT2D eigenvalue weighted by Gasteiger charge is 2.48. The van der Waals surface area contributed by atoms with E-state index < -0.39 is 5.82 Å². The maximum atomic E-state index is 13.1. The first-order valence-electron chi connectivity index (χ1n) is 7.57. The summed E-state index contributed by atoms with van der Waals surface area (Å²) in [6, 6.07) is 11.2. The van der Waals surface area contributed by atoms with Crippen LogP contribution in [0.2, 0.25) is 0 Å². The van der Waals surface area contributed by atoms with Gasteiger partial charge in [0.15, 0.2) is 0 Å². The van der Waals surface area contributed by atoms with Gasteiger partial charge in [0.1, 0.15) is 5.82 Å². The first-order chi connectivity index (χ1) is 11.4.